The number of para-hydroxylation sites is 1. The van der Waals surface area contributed by atoms with Gasteiger partial charge >= 0.3 is 0 Å². The third-order valence-corrected chi connectivity index (χ3v) is 8.40. The van der Waals surface area contributed by atoms with Gasteiger partial charge in [0.2, 0.25) is 5.91 Å². The molecule has 0 aliphatic rings. The first-order valence-corrected chi connectivity index (χ1v) is 13.2. The standard InChI is InChI=1S/C23H25N5OS3/c1-2-3-12-19(21(24)29)31-22-27-26-20(28(22)14-16-9-5-4-6-10-16)15-30-23-25-17-11-7-8-13-18(17)32-23/h4-11,13,19H,2-3,12,14-15H2,1H3,(H2,24,29). The highest BCUT2D eigenvalue weighted by Crippen LogP contribution is 2.33. The van der Waals surface area contributed by atoms with Crippen LogP contribution in [0.25, 0.3) is 10.2 Å². The second-order valence-electron chi connectivity index (χ2n) is 7.36. The van der Waals surface area contributed by atoms with Crippen molar-refractivity contribution in [1.82, 2.24) is 19.7 Å². The van der Waals surface area contributed by atoms with Crippen LogP contribution in [0.1, 0.15) is 37.6 Å². The Bertz CT molecular complexity index is 1140. The summed E-state index contributed by atoms with van der Waals surface area (Å²) in [5.41, 5.74) is 7.85. The fourth-order valence-corrected chi connectivity index (χ4v) is 6.30. The lowest BCUT2D eigenvalue weighted by atomic mass is 10.2. The molecule has 4 rings (SSSR count). The molecule has 32 heavy (non-hydrogen) atoms. The summed E-state index contributed by atoms with van der Waals surface area (Å²) in [7, 11) is 0. The number of unbranched alkanes of at least 4 members (excludes halogenated alkanes) is 1. The van der Waals surface area contributed by atoms with E-state index >= 15 is 0 Å². The van der Waals surface area contributed by atoms with E-state index in [1.807, 2.05) is 36.4 Å². The average Bonchev–Trinajstić information content (AvgIpc) is 3.39. The number of nitrogens with zero attached hydrogens (tertiary/aromatic N) is 4. The molecule has 0 fully saturated rings. The van der Waals surface area contributed by atoms with Crippen LogP contribution >= 0.6 is 34.9 Å². The van der Waals surface area contributed by atoms with Gasteiger partial charge in [0.15, 0.2) is 9.50 Å². The molecule has 9 heteroatoms. The molecule has 0 saturated heterocycles. The molecule has 1 atom stereocenters. The van der Waals surface area contributed by atoms with Crippen molar-refractivity contribution >= 4 is 51.0 Å². The second-order valence-corrected chi connectivity index (χ2v) is 10.8. The van der Waals surface area contributed by atoms with Crippen LogP contribution in [0.4, 0.5) is 0 Å². The number of hydrogen-bond acceptors (Lipinski definition) is 7. The van der Waals surface area contributed by atoms with E-state index in [2.05, 4.69) is 39.9 Å². The van der Waals surface area contributed by atoms with Crippen LogP contribution in [-0.2, 0) is 17.1 Å². The summed E-state index contributed by atoms with van der Waals surface area (Å²) in [5.74, 6) is 1.21. The van der Waals surface area contributed by atoms with E-state index in [-0.39, 0.29) is 11.2 Å². The van der Waals surface area contributed by atoms with Gasteiger partial charge in [-0.3, -0.25) is 4.79 Å². The second kappa shape index (κ2) is 11.0. The number of amides is 1. The molecule has 166 valence electrons. The van der Waals surface area contributed by atoms with Crippen LogP contribution in [-0.4, -0.2) is 30.9 Å². The lowest BCUT2D eigenvalue weighted by Gasteiger charge is -2.14. The van der Waals surface area contributed by atoms with Gasteiger partial charge in [-0.05, 0) is 24.1 Å². The SMILES string of the molecule is CCCCC(Sc1nnc(CSc2nc3ccccc3s2)n1Cc1ccccc1)C(N)=O. The van der Waals surface area contributed by atoms with Crippen LogP contribution in [0.5, 0.6) is 0 Å². The van der Waals surface area contributed by atoms with E-state index in [4.69, 9.17) is 10.7 Å². The number of rotatable bonds is 11. The quantitative estimate of drug-likeness (QED) is 0.289. The van der Waals surface area contributed by atoms with E-state index in [1.54, 1.807) is 23.1 Å². The van der Waals surface area contributed by atoms with E-state index in [0.717, 1.165) is 45.7 Å². The first-order chi connectivity index (χ1) is 15.6. The number of aromatic nitrogens is 4. The Morgan fingerprint density at radius 3 is 2.66 bits per heavy atom. The maximum absolute atomic E-state index is 12.0. The number of carbonyl (C=O) groups is 1. The van der Waals surface area contributed by atoms with Crippen molar-refractivity contribution in [3.63, 3.8) is 0 Å². The molecule has 0 saturated carbocycles. The smallest absolute Gasteiger partial charge is 0.231 e. The van der Waals surface area contributed by atoms with Gasteiger partial charge in [-0.25, -0.2) is 4.98 Å². The first-order valence-electron chi connectivity index (χ1n) is 10.5. The minimum atomic E-state index is -0.307. The van der Waals surface area contributed by atoms with Gasteiger partial charge in [-0.15, -0.1) is 21.5 Å². The maximum Gasteiger partial charge on any atom is 0.231 e. The zero-order valence-corrected chi connectivity index (χ0v) is 20.3. The van der Waals surface area contributed by atoms with Crippen LogP contribution < -0.4 is 5.73 Å². The van der Waals surface area contributed by atoms with Gasteiger partial charge in [-0.1, -0.05) is 85.8 Å². The number of thiazole rings is 1. The normalized spacial score (nSPS) is 12.3. The summed E-state index contributed by atoms with van der Waals surface area (Å²) in [4.78, 5) is 16.7. The van der Waals surface area contributed by atoms with Crippen molar-refractivity contribution in [3.05, 3.63) is 66.0 Å². The average molecular weight is 484 g/mol. The predicted octanol–water partition coefficient (Wildman–Crippen LogP) is 5.36. The molecule has 0 aliphatic carbocycles. The van der Waals surface area contributed by atoms with Crippen molar-refractivity contribution in [3.8, 4) is 0 Å². The summed E-state index contributed by atoms with van der Waals surface area (Å²) in [6, 6.07) is 18.4. The lowest BCUT2D eigenvalue weighted by Crippen LogP contribution is -2.26. The predicted molar refractivity (Wildman–Crippen MR) is 133 cm³/mol. The Balaban J connectivity index is 1.56. The van der Waals surface area contributed by atoms with Crippen molar-refractivity contribution in [2.24, 2.45) is 5.73 Å². The summed E-state index contributed by atoms with van der Waals surface area (Å²) >= 11 is 4.77. The van der Waals surface area contributed by atoms with Crippen LogP contribution in [0, 0.1) is 0 Å². The minimum absolute atomic E-state index is 0.303. The number of carbonyl (C=O) groups excluding carboxylic acids is 1. The lowest BCUT2D eigenvalue weighted by molar-refractivity contribution is -0.117. The molecule has 2 aromatic carbocycles. The number of hydrogen-bond donors (Lipinski definition) is 1. The fraction of sp³-hybridized carbons (Fsp3) is 0.304. The van der Waals surface area contributed by atoms with Crippen molar-refractivity contribution in [2.75, 3.05) is 0 Å². The number of benzene rings is 2. The molecule has 2 heterocycles. The van der Waals surface area contributed by atoms with E-state index < -0.39 is 0 Å². The van der Waals surface area contributed by atoms with E-state index in [1.165, 1.54) is 16.5 Å². The third-order valence-electron chi connectivity index (χ3n) is 4.96. The number of nitrogens with two attached hydrogens (primary N) is 1. The third kappa shape index (κ3) is 5.70. The summed E-state index contributed by atoms with van der Waals surface area (Å²) in [6.45, 7) is 2.75. The monoisotopic (exact) mass is 483 g/mol. The summed E-state index contributed by atoms with van der Waals surface area (Å²) in [6.07, 6.45) is 2.71. The molecule has 6 nitrogen and oxygen atoms in total. The van der Waals surface area contributed by atoms with Crippen LogP contribution in [0.15, 0.2) is 64.1 Å². The fourth-order valence-electron chi connectivity index (χ4n) is 3.25. The van der Waals surface area contributed by atoms with Crippen LogP contribution in [0.3, 0.4) is 0 Å². The first kappa shape index (κ1) is 22.8. The van der Waals surface area contributed by atoms with Crippen molar-refractivity contribution in [2.45, 2.75) is 53.2 Å². The maximum atomic E-state index is 12.0. The molecule has 1 unspecified atom stereocenters. The number of fused-ring (bicyclic) bond motifs is 1. The Hall–Kier alpha value is -2.36. The largest absolute Gasteiger partial charge is 0.369 e. The molecule has 0 spiro atoms. The van der Waals surface area contributed by atoms with Crippen molar-refractivity contribution < 1.29 is 4.79 Å². The van der Waals surface area contributed by atoms with Gasteiger partial charge in [0.1, 0.15) is 5.82 Å². The molecular formula is C23H25N5OS3. The molecule has 2 N–H and O–H groups in total. The molecule has 0 aliphatic heterocycles. The Morgan fingerprint density at radius 2 is 1.91 bits per heavy atom. The molecule has 0 bridgehead atoms. The highest BCUT2D eigenvalue weighted by molar-refractivity contribution is 8.00. The van der Waals surface area contributed by atoms with Gasteiger partial charge in [0.25, 0.3) is 0 Å². The molecule has 0 radical (unpaired) electrons. The molecule has 1 amide bonds. The Kier molecular flexibility index (Phi) is 7.83. The highest BCUT2D eigenvalue weighted by atomic mass is 32.2. The summed E-state index contributed by atoms with van der Waals surface area (Å²) in [5, 5.41) is 9.33. The number of thioether (sulfide) groups is 2. The highest BCUT2D eigenvalue weighted by Gasteiger charge is 2.22. The number of primary amides is 1. The van der Waals surface area contributed by atoms with E-state index in [0.29, 0.717) is 12.3 Å². The Morgan fingerprint density at radius 1 is 1.12 bits per heavy atom. The zero-order valence-electron chi connectivity index (χ0n) is 17.8. The van der Waals surface area contributed by atoms with E-state index in [9.17, 15) is 4.79 Å². The molecule has 4 aromatic rings. The topological polar surface area (TPSA) is 86.7 Å². The minimum Gasteiger partial charge on any atom is -0.369 e. The van der Waals surface area contributed by atoms with Crippen LogP contribution in [0.2, 0.25) is 0 Å². The van der Waals surface area contributed by atoms with Gasteiger partial charge in [0, 0.05) is 0 Å². The van der Waals surface area contributed by atoms with Gasteiger partial charge < -0.3 is 10.3 Å². The Labute approximate surface area is 200 Å². The van der Waals surface area contributed by atoms with Gasteiger partial charge in [-0.2, -0.15) is 0 Å². The summed E-state index contributed by atoms with van der Waals surface area (Å²) < 4.78 is 4.28. The molecule has 2 aromatic heterocycles. The zero-order chi connectivity index (χ0) is 22.3. The van der Waals surface area contributed by atoms with Crippen molar-refractivity contribution in [1.29, 1.82) is 0 Å². The van der Waals surface area contributed by atoms with Gasteiger partial charge in [0.05, 0.1) is 27.8 Å². The molecular weight excluding hydrogens is 458 g/mol.